The van der Waals surface area contributed by atoms with Gasteiger partial charge in [-0.15, -0.1) is 0 Å². The first-order chi connectivity index (χ1) is 16.1. The van der Waals surface area contributed by atoms with Crippen LogP contribution in [0.15, 0.2) is 60.2 Å². The van der Waals surface area contributed by atoms with E-state index in [1.807, 2.05) is 0 Å². The Kier molecular flexibility index (Phi) is 7.05. The average molecular weight is 469 g/mol. The number of halogens is 2. The van der Waals surface area contributed by atoms with E-state index >= 15 is 0 Å². The van der Waals surface area contributed by atoms with Gasteiger partial charge in [-0.3, -0.25) is 29.8 Å². The van der Waals surface area contributed by atoms with E-state index < -0.39 is 44.5 Å². The maximum Gasteiger partial charge on any atom is 0.305 e. The van der Waals surface area contributed by atoms with Crippen LogP contribution >= 0.6 is 0 Å². The van der Waals surface area contributed by atoms with Crippen LogP contribution in [0.4, 0.5) is 20.2 Å². The summed E-state index contributed by atoms with van der Waals surface area (Å²) in [5.74, 6) is -3.04. The summed E-state index contributed by atoms with van der Waals surface area (Å²) in [4.78, 5) is 47.1. The van der Waals surface area contributed by atoms with Gasteiger partial charge in [0, 0.05) is 36.4 Å². The van der Waals surface area contributed by atoms with E-state index in [9.17, 15) is 38.6 Å². The predicted octanol–water partition coefficient (Wildman–Crippen LogP) is 4.24. The number of rotatable bonds is 5. The Bertz CT molecular complexity index is 1290. The molecule has 1 heterocycles. The molecular formula is C23H17F2N3O6. The number of carbonyl (C=O) groups is 2. The molecular weight excluding hydrogens is 452 g/mol. The summed E-state index contributed by atoms with van der Waals surface area (Å²) < 4.78 is 27.4. The number of nitro groups is 2. The van der Waals surface area contributed by atoms with Gasteiger partial charge in [-0.2, -0.15) is 8.78 Å². The fraction of sp³-hybridized carbons (Fsp3) is 0.130. The number of carbonyl (C=O) groups excluding carboxylic acids is 2. The fourth-order valence-corrected chi connectivity index (χ4v) is 3.42. The molecule has 1 saturated heterocycles. The molecule has 1 aliphatic rings. The Labute approximate surface area is 191 Å². The third-order valence-electron chi connectivity index (χ3n) is 5.10. The highest BCUT2D eigenvalue weighted by Crippen LogP contribution is 2.26. The number of hydrogen-bond donors (Lipinski definition) is 0. The second-order valence-electron chi connectivity index (χ2n) is 7.32. The van der Waals surface area contributed by atoms with Crippen LogP contribution in [0.25, 0.3) is 12.2 Å². The zero-order valence-corrected chi connectivity index (χ0v) is 17.6. The van der Waals surface area contributed by atoms with Crippen LogP contribution in [-0.4, -0.2) is 39.5 Å². The number of ketones is 1. The third-order valence-corrected chi connectivity index (χ3v) is 5.10. The first-order valence-corrected chi connectivity index (χ1v) is 9.85. The molecule has 0 saturated carbocycles. The molecule has 0 atom stereocenters. The Morgan fingerprint density at radius 2 is 1.44 bits per heavy atom. The van der Waals surface area contributed by atoms with Crippen molar-refractivity contribution in [3.8, 4) is 0 Å². The summed E-state index contributed by atoms with van der Waals surface area (Å²) in [5.41, 5.74) is -0.894. The van der Waals surface area contributed by atoms with Crippen molar-refractivity contribution >= 4 is 35.2 Å². The van der Waals surface area contributed by atoms with Crippen molar-refractivity contribution in [1.82, 2.24) is 4.90 Å². The number of likely N-dealkylation sites (tertiary alicyclic amines) is 1. The lowest BCUT2D eigenvalue weighted by Gasteiger charge is -2.18. The van der Waals surface area contributed by atoms with Crippen molar-refractivity contribution in [3.05, 3.63) is 103 Å². The van der Waals surface area contributed by atoms with Gasteiger partial charge in [0.1, 0.15) is 0 Å². The molecule has 11 heteroatoms. The van der Waals surface area contributed by atoms with Gasteiger partial charge in [0.15, 0.2) is 5.78 Å². The minimum Gasteiger partial charge on any atom is -0.334 e. The standard InChI is InChI=1S/C23H17F2N3O6/c1-2-22(29)26-8-7-16(9-14-3-5-18(24)20(11-14)27(31)32)23(30)17(13-26)10-15-4-6-19(25)21(12-15)28(33)34/h2-6,9-12H,1,7-8,13H2/b16-9-,17-10-. The van der Waals surface area contributed by atoms with E-state index in [4.69, 9.17) is 0 Å². The Hall–Kier alpha value is -4.54. The average Bonchev–Trinajstić information content (AvgIpc) is 2.94. The van der Waals surface area contributed by atoms with E-state index in [1.165, 1.54) is 29.2 Å². The lowest BCUT2D eigenvalue weighted by atomic mass is 9.98. The summed E-state index contributed by atoms with van der Waals surface area (Å²) in [6.45, 7) is 3.40. The lowest BCUT2D eigenvalue weighted by Crippen LogP contribution is -2.31. The largest absolute Gasteiger partial charge is 0.334 e. The van der Waals surface area contributed by atoms with Gasteiger partial charge in [0.2, 0.25) is 17.5 Å². The Morgan fingerprint density at radius 1 is 0.941 bits per heavy atom. The molecule has 34 heavy (non-hydrogen) atoms. The molecule has 0 aromatic heterocycles. The monoisotopic (exact) mass is 469 g/mol. The number of Topliss-reactive ketones (excluding diaryl/α,β-unsaturated/α-hetero) is 1. The Morgan fingerprint density at radius 3 is 1.91 bits per heavy atom. The normalized spacial score (nSPS) is 16.4. The molecule has 0 spiro atoms. The molecule has 1 amide bonds. The van der Waals surface area contributed by atoms with Crippen LogP contribution in [0.5, 0.6) is 0 Å². The zero-order chi connectivity index (χ0) is 25.0. The second kappa shape index (κ2) is 9.94. The van der Waals surface area contributed by atoms with Crippen molar-refractivity contribution in [3.63, 3.8) is 0 Å². The van der Waals surface area contributed by atoms with E-state index in [0.717, 1.165) is 30.3 Å². The SMILES string of the molecule is C=CC(=O)N1CC/C(=C/c2ccc(F)c([N+](=O)[O-])c2)C(=O)/C(=C\c2ccc(F)c([N+](=O)[O-])c2)C1. The number of nitro benzene ring substituents is 2. The summed E-state index contributed by atoms with van der Waals surface area (Å²) in [5, 5.41) is 22.1. The molecule has 9 nitrogen and oxygen atoms in total. The van der Waals surface area contributed by atoms with E-state index in [-0.39, 0.29) is 41.8 Å². The van der Waals surface area contributed by atoms with Crippen molar-refractivity contribution in [2.45, 2.75) is 6.42 Å². The molecule has 174 valence electrons. The minimum absolute atomic E-state index is 0.0801. The van der Waals surface area contributed by atoms with Gasteiger partial charge >= 0.3 is 11.4 Å². The fourth-order valence-electron chi connectivity index (χ4n) is 3.42. The second-order valence-corrected chi connectivity index (χ2v) is 7.32. The molecule has 1 fully saturated rings. The topological polar surface area (TPSA) is 124 Å². The van der Waals surface area contributed by atoms with Gasteiger partial charge in [0.25, 0.3) is 0 Å². The summed E-state index contributed by atoms with van der Waals surface area (Å²) in [7, 11) is 0. The number of amides is 1. The minimum atomic E-state index is -1.04. The van der Waals surface area contributed by atoms with Gasteiger partial charge in [-0.25, -0.2) is 0 Å². The highest BCUT2D eigenvalue weighted by molar-refractivity contribution is 6.14. The van der Waals surface area contributed by atoms with Gasteiger partial charge in [-0.05, 0) is 47.9 Å². The lowest BCUT2D eigenvalue weighted by molar-refractivity contribution is -0.387. The van der Waals surface area contributed by atoms with Gasteiger partial charge in [-0.1, -0.05) is 18.7 Å². The summed E-state index contributed by atoms with van der Waals surface area (Å²) in [6.07, 6.45) is 3.83. The first kappa shape index (κ1) is 24.1. The first-order valence-electron chi connectivity index (χ1n) is 9.85. The zero-order valence-electron chi connectivity index (χ0n) is 17.6. The van der Waals surface area contributed by atoms with E-state index in [1.54, 1.807) is 0 Å². The van der Waals surface area contributed by atoms with Gasteiger partial charge < -0.3 is 4.90 Å². The van der Waals surface area contributed by atoms with Crippen LogP contribution in [0.3, 0.4) is 0 Å². The van der Waals surface area contributed by atoms with Gasteiger partial charge in [0.05, 0.1) is 9.85 Å². The number of nitrogens with zero attached hydrogens (tertiary/aromatic N) is 3. The quantitative estimate of drug-likeness (QED) is 0.367. The van der Waals surface area contributed by atoms with E-state index in [2.05, 4.69) is 6.58 Å². The number of benzene rings is 2. The van der Waals surface area contributed by atoms with Crippen molar-refractivity contribution in [2.75, 3.05) is 13.1 Å². The summed E-state index contributed by atoms with van der Waals surface area (Å²) >= 11 is 0. The van der Waals surface area contributed by atoms with Crippen molar-refractivity contribution < 1.29 is 28.2 Å². The van der Waals surface area contributed by atoms with Crippen LogP contribution in [-0.2, 0) is 9.59 Å². The highest BCUT2D eigenvalue weighted by Gasteiger charge is 2.26. The smallest absolute Gasteiger partial charge is 0.305 e. The van der Waals surface area contributed by atoms with Crippen LogP contribution in [0.1, 0.15) is 17.5 Å². The number of hydrogen-bond acceptors (Lipinski definition) is 6. The van der Waals surface area contributed by atoms with Crippen LogP contribution < -0.4 is 0 Å². The third kappa shape index (κ3) is 5.26. The van der Waals surface area contributed by atoms with Crippen molar-refractivity contribution in [2.24, 2.45) is 0 Å². The molecule has 2 aromatic carbocycles. The molecule has 3 rings (SSSR count). The molecule has 1 aliphatic heterocycles. The maximum absolute atomic E-state index is 13.7. The van der Waals surface area contributed by atoms with Crippen LogP contribution in [0.2, 0.25) is 0 Å². The van der Waals surface area contributed by atoms with E-state index in [0.29, 0.717) is 0 Å². The predicted molar refractivity (Wildman–Crippen MR) is 118 cm³/mol. The molecule has 2 aromatic rings. The molecule has 0 aliphatic carbocycles. The maximum atomic E-state index is 13.7. The summed E-state index contributed by atoms with van der Waals surface area (Å²) in [6, 6.07) is 6.28. The molecule has 0 N–H and O–H groups in total. The molecule has 0 bridgehead atoms. The van der Waals surface area contributed by atoms with Crippen molar-refractivity contribution in [1.29, 1.82) is 0 Å². The van der Waals surface area contributed by atoms with Crippen LogP contribution in [0, 0.1) is 31.9 Å². The highest BCUT2D eigenvalue weighted by atomic mass is 19.1. The molecule has 0 unspecified atom stereocenters. The Balaban J connectivity index is 2.08. The molecule has 0 radical (unpaired) electrons.